The van der Waals surface area contributed by atoms with E-state index in [2.05, 4.69) is 4.98 Å². The summed E-state index contributed by atoms with van der Waals surface area (Å²) in [6.07, 6.45) is 0. The van der Waals surface area contributed by atoms with Gasteiger partial charge in [-0.25, -0.2) is 14.5 Å². The van der Waals surface area contributed by atoms with E-state index >= 15 is 0 Å². The number of nitrogens with zero attached hydrogens (tertiary/aromatic N) is 3. The summed E-state index contributed by atoms with van der Waals surface area (Å²) in [4.78, 5) is 39.9. The lowest BCUT2D eigenvalue weighted by atomic mass is 10.2. The molecule has 0 atom stereocenters. The summed E-state index contributed by atoms with van der Waals surface area (Å²) in [7, 11) is 1.27. The van der Waals surface area contributed by atoms with Gasteiger partial charge in [0.2, 0.25) is 0 Å². The van der Waals surface area contributed by atoms with Crippen LogP contribution in [0.2, 0.25) is 0 Å². The van der Waals surface area contributed by atoms with Gasteiger partial charge in [0.05, 0.1) is 17.4 Å². The van der Waals surface area contributed by atoms with Gasteiger partial charge in [-0.05, 0) is 18.1 Å². The third-order valence-electron chi connectivity index (χ3n) is 3.82. The van der Waals surface area contributed by atoms with E-state index < -0.39 is 16.5 Å². The van der Waals surface area contributed by atoms with Crippen LogP contribution in [0.25, 0.3) is 10.2 Å². The largest absolute Gasteiger partial charge is 0.465 e. The number of thioether (sulfide) groups is 1. The Labute approximate surface area is 160 Å². The van der Waals surface area contributed by atoms with Crippen molar-refractivity contribution in [1.29, 1.82) is 0 Å². The molecule has 3 rings (SSSR count). The molecule has 0 saturated carbocycles. The molecule has 0 spiro atoms. The van der Waals surface area contributed by atoms with Gasteiger partial charge in [0.15, 0.2) is 5.16 Å². The van der Waals surface area contributed by atoms with Crippen LogP contribution in [0.5, 0.6) is 0 Å². The molecular formula is C16H14N4O5S2. The van der Waals surface area contributed by atoms with Crippen LogP contribution in [0.3, 0.4) is 0 Å². The van der Waals surface area contributed by atoms with Gasteiger partial charge in [0, 0.05) is 17.9 Å². The fourth-order valence-electron chi connectivity index (χ4n) is 2.47. The number of hydrogen-bond acceptors (Lipinski definition) is 9. The molecule has 11 heteroatoms. The SMILES string of the molecule is COC(=O)c1sc2nc(SCc3cccc([N+](=O)[O-])c3)n(N)c(=O)c2c1C. The Hall–Kier alpha value is -2.92. The van der Waals surface area contributed by atoms with Crippen LogP contribution >= 0.6 is 23.1 Å². The average Bonchev–Trinajstić information content (AvgIpc) is 2.99. The second-order valence-electron chi connectivity index (χ2n) is 5.51. The van der Waals surface area contributed by atoms with Crippen molar-refractivity contribution in [3.63, 3.8) is 0 Å². The lowest BCUT2D eigenvalue weighted by Gasteiger charge is -2.07. The number of aromatic nitrogens is 2. The number of thiophene rings is 1. The Morgan fingerprint density at radius 3 is 2.89 bits per heavy atom. The van der Waals surface area contributed by atoms with Crippen molar-refractivity contribution < 1.29 is 14.5 Å². The molecule has 3 aromatic rings. The van der Waals surface area contributed by atoms with Gasteiger partial charge in [-0.15, -0.1) is 11.3 Å². The predicted octanol–water partition coefficient (Wildman–Crippen LogP) is 2.47. The number of non-ortho nitro benzene ring substituents is 1. The molecule has 2 N–H and O–H groups in total. The van der Waals surface area contributed by atoms with Crippen molar-refractivity contribution in [2.45, 2.75) is 17.8 Å². The van der Waals surface area contributed by atoms with E-state index in [1.807, 2.05) is 0 Å². The second-order valence-corrected chi connectivity index (χ2v) is 7.45. The van der Waals surface area contributed by atoms with Crippen molar-refractivity contribution in [2.24, 2.45) is 0 Å². The average molecular weight is 406 g/mol. The highest BCUT2D eigenvalue weighted by molar-refractivity contribution is 7.98. The normalized spacial score (nSPS) is 10.9. The molecule has 140 valence electrons. The Kier molecular flexibility index (Phi) is 5.15. The Morgan fingerprint density at radius 2 is 2.22 bits per heavy atom. The molecule has 1 aromatic carbocycles. The third kappa shape index (κ3) is 3.51. The third-order valence-corrected chi connectivity index (χ3v) is 6.01. The summed E-state index contributed by atoms with van der Waals surface area (Å²) >= 11 is 2.24. The first-order chi connectivity index (χ1) is 12.8. The number of nitrogen functional groups attached to an aromatic ring is 1. The van der Waals surface area contributed by atoms with Gasteiger partial charge in [0.1, 0.15) is 9.71 Å². The van der Waals surface area contributed by atoms with Crippen LogP contribution in [0.15, 0.2) is 34.2 Å². The number of nitro benzene ring substituents is 1. The van der Waals surface area contributed by atoms with E-state index in [0.717, 1.165) is 16.0 Å². The second kappa shape index (κ2) is 7.37. The number of nitrogens with two attached hydrogens (primary N) is 1. The highest BCUT2D eigenvalue weighted by Gasteiger charge is 2.21. The summed E-state index contributed by atoms with van der Waals surface area (Å²) in [5.41, 5.74) is 0.693. The molecule has 9 nitrogen and oxygen atoms in total. The topological polar surface area (TPSA) is 130 Å². The number of fused-ring (bicyclic) bond motifs is 1. The van der Waals surface area contributed by atoms with Crippen molar-refractivity contribution in [3.05, 3.63) is 60.7 Å². The molecule has 0 amide bonds. The fraction of sp³-hybridized carbons (Fsp3) is 0.188. The molecule has 0 aliphatic rings. The Bertz CT molecular complexity index is 1120. The van der Waals surface area contributed by atoms with Gasteiger partial charge in [-0.1, -0.05) is 23.9 Å². The number of nitro groups is 1. The zero-order valence-electron chi connectivity index (χ0n) is 14.3. The monoisotopic (exact) mass is 406 g/mol. The molecule has 0 aliphatic carbocycles. The van der Waals surface area contributed by atoms with Crippen LogP contribution in [-0.4, -0.2) is 27.7 Å². The van der Waals surface area contributed by atoms with Gasteiger partial charge in [-0.3, -0.25) is 14.9 Å². The van der Waals surface area contributed by atoms with Crippen molar-refractivity contribution in [2.75, 3.05) is 13.0 Å². The van der Waals surface area contributed by atoms with Crippen molar-refractivity contribution in [3.8, 4) is 0 Å². The molecule has 0 fully saturated rings. The first-order valence-electron chi connectivity index (χ1n) is 7.59. The number of carbonyl (C=O) groups excluding carboxylic acids is 1. The highest BCUT2D eigenvalue weighted by atomic mass is 32.2. The van der Waals surface area contributed by atoms with Gasteiger partial charge in [-0.2, -0.15) is 0 Å². The maximum absolute atomic E-state index is 12.6. The van der Waals surface area contributed by atoms with E-state index in [1.165, 1.54) is 31.0 Å². The summed E-state index contributed by atoms with van der Waals surface area (Å²) in [6.45, 7) is 1.64. The van der Waals surface area contributed by atoms with Gasteiger partial charge < -0.3 is 10.6 Å². The minimum absolute atomic E-state index is 0.0155. The summed E-state index contributed by atoms with van der Waals surface area (Å²) in [5.74, 6) is 5.68. The van der Waals surface area contributed by atoms with Crippen LogP contribution in [0.1, 0.15) is 20.8 Å². The summed E-state index contributed by atoms with van der Waals surface area (Å²) in [5, 5.41) is 11.4. The first-order valence-corrected chi connectivity index (χ1v) is 9.39. The van der Waals surface area contributed by atoms with E-state index in [-0.39, 0.29) is 16.2 Å². The number of hydrogen-bond donors (Lipinski definition) is 1. The molecule has 0 bridgehead atoms. The van der Waals surface area contributed by atoms with Crippen LogP contribution in [0, 0.1) is 17.0 Å². The van der Waals surface area contributed by atoms with Gasteiger partial charge >= 0.3 is 5.97 Å². The molecule has 0 radical (unpaired) electrons. The molecule has 2 heterocycles. The van der Waals surface area contributed by atoms with Gasteiger partial charge in [0.25, 0.3) is 11.2 Å². The zero-order chi connectivity index (χ0) is 19.7. The van der Waals surface area contributed by atoms with E-state index in [1.54, 1.807) is 19.1 Å². The summed E-state index contributed by atoms with van der Waals surface area (Å²) in [6, 6.07) is 6.18. The smallest absolute Gasteiger partial charge is 0.348 e. The fourth-order valence-corrected chi connectivity index (χ4v) is 4.47. The molecule has 2 aromatic heterocycles. The molecule has 0 aliphatic heterocycles. The number of carbonyl (C=O) groups is 1. The molecule has 0 saturated heterocycles. The predicted molar refractivity (Wildman–Crippen MR) is 103 cm³/mol. The minimum atomic E-state index is -0.538. The number of aryl methyl sites for hydroxylation is 1. The molecular weight excluding hydrogens is 392 g/mol. The first kappa shape index (κ1) is 18.9. The molecule has 0 unspecified atom stereocenters. The standard InChI is InChI=1S/C16H14N4O5S2/c1-8-11-13(27-12(8)15(22)25-2)18-16(19(17)14(11)21)26-7-9-4-3-5-10(6-9)20(23)24/h3-6H,7,17H2,1-2H3. The van der Waals surface area contributed by atoms with Crippen LogP contribution < -0.4 is 11.4 Å². The molecule has 27 heavy (non-hydrogen) atoms. The lowest BCUT2D eigenvalue weighted by molar-refractivity contribution is -0.384. The van der Waals surface area contributed by atoms with E-state index in [4.69, 9.17) is 10.6 Å². The van der Waals surface area contributed by atoms with Crippen molar-refractivity contribution in [1.82, 2.24) is 9.66 Å². The highest BCUT2D eigenvalue weighted by Crippen LogP contribution is 2.30. The van der Waals surface area contributed by atoms with Crippen LogP contribution in [0.4, 0.5) is 5.69 Å². The maximum atomic E-state index is 12.6. The van der Waals surface area contributed by atoms with Crippen LogP contribution in [-0.2, 0) is 10.5 Å². The lowest BCUT2D eigenvalue weighted by Crippen LogP contribution is -2.29. The number of ether oxygens (including phenoxy) is 1. The number of rotatable bonds is 5. The van der Waals surface area contributed by atoms with E-state index in [9.17, 15) is 19.7 Å². The number of methoxy groups -OCH3 is 1. The number of benzene rings is 1. The minimum Gasteiger partial charge on any atom is -0.465 e. The number of esters is 1. The van der Waals surface area contributed by atoms with E-state index in [0.29, 0.717) is 26.6 Å². The Morgan fingerprint density at radius 1 is 1.48 bits per heavy atom. The quantitative estimate of drug-likeness (QED) is 0.171. The zero-order valence-corrected chi connectivity index (χ0v) is 15.9. The van der Waals surface area contributed by atoms with Crippen molar-refractivity contribution >= 4 is 45.0 Å². The maximum Gasteiger partial charge on any atom is 0.348 e. The Balaban J connectivity index is 1.97. The summed E-state index contributed by atoms with van der Waals surface area (Å²) < 4.78 is 5.65.